The number of amides is 2. The fraction of sp³-hybridized carbons (Fsp3) is 0.211. The number of carbonyl (C=O) groups excluding carboxylic acids is 2. The molecule has 2 aromatic heterocycles. The quantitative estimate of drug-likeness (QED) is 0.622. The molecule has 140 valence electrons. The lowest BCUT2D eigenvalue weighted by Crippen LogP contribution is -2.28. The fourth-order valence-corrected chi connectivity index (χ4v) is 2.60. The number of ether oxygens (including phenoxy) is 2. The van der Waals surface area contributed by atoms with Crippen LogP contribution in [0.5, 0.6) is 5.75 Å². The number of fused-ring (bicyclic) bond motifs is 1. The minimum Gasteiger partial charge on any atom is -0.497 e. The predicted molar refractivity (Wildman–Crippen MR) is 100 cm³/mol. The molecule has 0 aliphatic rings. The highest BCUT2D eigenvalue weighted by Gasteiger charge is 2.21. The molecule has 3 aromatic rings. The minimum atomic E-state index is -0.414. The first kappa shape index (κ1) is 18.4. The average molecular weight is 368 g/mol. The Bertz CT molecular complexity index is 967. The summed E-state index contributed by atoms with van der Waals surface area (Å²) in [5.41, 5.74) is 1.27. The van der Waals surface area contributed by atoms with Crippen LogP contribution >= 0.6 is 0 Å². The average Bonchev–Trinajstić information content (AvgIpc) is 3.08. The second-order valence-corrected chi connectivity index (χ2v) is 5.67. The van der Waals surface area contributed by atoms with Crippen molar-refractivity contribution in [1.29, 1.82) is 0 Å². The number of anilines is 1. The molecule has 3 rings (SSSR count). The van der Waals surface area contributed by atoms with Crippen molar-refractivity contribution in [2.45, 2.75) is 0 Å². The Kier molecular flexibility index (Phi) is 5.68. The highest BCUT2D eigenvalue weighted by atomic mass is 16.5. The van der Waals surface area contributed by atoms with E-state index in [2.05, 4.69) is 15.6 Å². The molecule has 0 atom stereocenters. The van der Waals surface area contributed by atoms with E-state index in [1.165, 1.54) is 0 Å². The smallest absolute Gasteiger partial charge is 0.287 e. The summed E-state index contributed by atoms with van der Waals surface area (Å²) in [5.74, 6) is -0.0326. The SMILES string of the molecule is COCCNC(=O)c1nc(C(=O)Nc2cccc(OC)c2)c2ccccn12. The van der Waals surface area contributed by atoms with Crippen molar-refractivity contribution in [3.8, 4) is 5.75 Å². The van der Waals surface area contributed by atoms with Crippen LogP contribution in [0.2, 0.25) is 0 Å². The molecule has 8 nitrogen and oxygen atoms in total. The molecular weight excluding hydrogens is 348 g/mol. The van der Waals surface area contributed by atoms with Gasteiger partial charge in [-0.15, -0.1) is 0 Å². The summed E-state index contributed by atoms with van der Waals surface area (Å²) < 4.78 is 11.7. The van der Waals surface area contributed by atoms with Crippen molar-refractivity contribution in [2.24, 2.45) is 0 Å². The van der Waals surface area contributed by atoms with Crippen LogP contribution in [-0.4, -0.2) is 48.6 Å². The van der Waals surface area contributed by atoms with Crippen LogP contribution in [0.4, 0.5) is 5.69 Å². The molecule has 0 saturated carbocycles. The summed E-state index contributed by atoms with van der Waals surface area (Å²) in [6.07, 6.45) is 1.69. The number of carbonyl (C=O) groups is 2. The van der Waals surface area contributed by atoms with E-state index < -0.39 is 5.91 Å². The van der Waals surface area contributed by atoms with E-state index in [4.69, 9.17) is 9.47 Å². The number of pyridine rings is 1. The van der Waals surface area contributed by atoms with Crippen LogP contribution in [0, 0.1) is 0 Å². The van der Waals surface area contributed by atoms with Crippen molar-refractivity contribution < 1.29 is 19.1 Å². The molecule has 8 heteroatoms. The van der Waals surface area contributed by atoms with E-state index in [9.17, 15) is 9.59 Å². The Labute approximate surface area is 156 Å². The molecule has 1 aromatic carbocycles. The third-order valence-corrected chi connectivity index (χ3v) is 3.89. The van der Waals surface area contributed by atoms with Crippen LogP contribution < -0.4 is 15.4 Å². The standard InChI is InChI=1S/C19H20N4O4/c1-26-11-9-20-19(25)17-22-16(15-8-3-4-10-23(15)17)18(24)21-13-6-5-7-14(12-13)27-2/h3-8,10,12H,9,11H2,1-2H3,(H,20,25)(H,21,24). The first-order chi connectivity index (χ1) is 13.1. The number of benzene rings is 1. The highest BCUT2D eigenvalue weighted by molar-refractivity contribution is 6.09. The summed E-state index contributed by atoms with van der Waals surface area (Å²) in [4.78, 5) is 29.4. The van der Waals surface area contributed by atoms with Crippen LogP contribution in [-0.2, 0) is 4.74 Å². The number of nitrogens with zero attached hydrogens (tertiary/aromatic N) is 2. The molecule has 0 radical (unpaired) electrons. The van der Waals surface area contributed by atoms with E-state index in [-0.39, 0.29) is 17.4 Å². The molecule has 0 fully saturated rings. The van der Waals surface area contributed by atoms with Gasteiger partial charge in [0.15, 0.2) is 5.69 Å². The van der Waals surface area contributed by atoms with Gasteiger partial charge in [0.1, 0.15) is 5.75 Å². The summed E-state index contributed by atoms with van der Waals surface area (Å²) >= 11 is 0. The van der Waals surface area contributed by atoms with Crippen LogP contribution in [0.25, 0.3) is 5.52 Å². The Balaban J connectivity index is 1.89. The van der Waals surface area contributed by atoms with Gasteiger partial charge in [-0.25, -0.2) is 4.98 Å². The molecule has 0 bridgehead atoms. The monoisotopic (exact) mass is 368 g/mol. The van der Waals surface area contributed by atoms with Gasteiger partial charge in [0.05, 0.1) is 19.2 Å². The van der Waals surface area contributed by atoms with Crippen molar-refractivity contribution in [3.63, 3.8) is 0 Å². The Morgan fingerprint density at radius 2 is 1.96 bits per heavy atom. The van der Waals surface area contributed by atoms with Gasteiger partial charge in [-0.05, 0) is 24.3 Å². The Morgan fingerprint density at radius 1 is 1.11 bits per heavy atom. The molecular formula is C19H20N4O4. The molecule has 27 heavy (non-hydrogen) atoms. The maximum atomic E-state index is 12.7. The number of methoxy groups -OCH3 is 2. The summed E-state index contributed by atoms with van der Waals surface area (Å²) in [5, 5.41) is 5.50. The van der Waals surface area contributed by atoms with Crippen LogP contribution in [0.3, 0.4) is 0 Å². The Morgan fingerprint density at radius 3 is 2.74 bits per heavy atom. The maximum Gasteiger partial charge on any atom is 0.287 e. The van der Waals surface area contributed by atoms with Gasteiger partial charge in [-0.1, -0.05) is 12.1 Å². The number of rotatable bonds is 7. The number of imidazole rings is 1. The maximum absolute atomic E-state index is 12.7. The van der Waals surface area contributed by atoms with E-state index in [1.807, 2.05) is 0 Å². The van der Waals surface area contributed by atoms with Gasteiger partial charge in [-0.3, -0.25) is 14.0 Å². The minimum absolute atomic E-state index is 0.137. The molecule has 0 aliphatic heterocycles. The third kappa shape index (κ3) is 4.06. The second kappa shape index (κ2) is 8.33. The molecule has 0 spiro atoms. The van der Waals surface area contributed by atoms with Gasteiger partial charge in [0.2, 0.25) is 5.82 Å². The van der Waals surface area contributed by atoms with Gasteiger partial charge in [0.25, 0.3) is 11.8 Å². The molecule has 2 N–H and O–H groups in total. The van der Waals surface area contributed by atoms with Crippen LogP contribution in [0.1, 0.15) is 21.1 Å². The van der Waals surface area contributed by atoms with Gasteiger partial charge < -0.3 is 20.1 Å². The van der Waals surface area contributed by atoms with E-state index in [1.54, 1.807) is 67.3 Å². The zero-order chi connectivity index (χ0) is 19.2. The molecule has 0 unspecified atom stereocenters. The van der Waals surface area contributed by atoms with E-state index >= 15 is 0 Å². The lowest BCUT2D eigenvalue weighted by Gasteiger charge is -2.05. The zero-order valence-electron chi connectivity index (χ0n) is 15.1. The zero-order valence-corrected chi connectivity index (χ0v) is 15.1. The first-order valence-corrected chi connectivity index (χ1v) is 8.33. The number of hydrogen-bond acceptors (Lipinski definition) is 5. The van der Waals surface area contributed by atoms with E-state index in [0.717, 1.165) is 0 Å². The molecule has 2 amide bonds. The van der Waals surface area contributed by atoms with E-state index in [0.29, 0.717) is 30.1 Å². The number of nitrogens with one attached hydrogen (secondary N) is 2. The summed E-state index contributed by atoms with van der Waals surface area (Å²) in [6.45, 7) is 0.737. The van der Waals surface area contributed by atoms with Crippen LogP contribution in [0.15, 0.2) is 48.7 Å². The van der Waals surface area contributed by atoms with Crippen molar-refractivity contribution in [3.05, 3.63) is 60.2 Å². The van der Waals surface area contributed by atoms with Gasteiger partial charge in [-0.2, -0.15) is 0 Å². The normalized spacial score (nSPS) is 10.6. The molecule has 0 aliphatic carbocycles. The number of aromatic nitrogens is 2. The Hall–Kier alpha value is -3.39. The molecule has 0 saturated heterocycles. The molecule has 2 heterocycles. The predicted octanol–water partition coefficient (Wildman–Crippen LogP) is 1.97. The lowest BCUT2D eigenvalue weighted by molar-refractivity contribution is 0.0926. The first-order valence-electron chi connectivity index (χ1n) is 8.33. The topological polar surface area (TPSA) is 94.0 Å². The fourth-order valence-electron chi connectivity index (χ4n) is 2.60. The lowest BCUT2D eigenvalue weighted by atomic mass is 10.2. The summed E-state index contributed by atoms with van der Waals surface area (Å²) in [6, 6.07) is 12.3. The number of hydrogen-bond donors (Lipinski definition) is 2. The van der Waals surface area contributed by atoms with Crippen molar-refractivity contribution in [1.82, 2.24) is 14.7 Å². The third-order valence-electron chi connectivity index (χ3n) is 3.89. The second-order valence-electron chi connectivity index (χ2n) is 5.67. The van der Waals surface area contributed by atoms with Gasteiger partial charge >= 0.3 is 0 Å². The van der Waals surface area contributed by atoms with Crippen molar-refractivity contribution >= 4 is 23.0 Å². The highest BCUT2D eigenvalue weighted by Crippen LogP contribution is 2.19. The largest absolute Gasteiger partial charge is 0.497 e. The summed E-state index contributed by atoms with van der Waals surface area (Å²) in [7, 11) is 3.11. The van der Waals surface area contributed by atoms with Gasteiger partial charge in [0, 0.05) is 31.6 Å². The van der Waals surface area contributed by atoms with Crippen molar-refractivity contribution in [2.75, 3.05) is 32.7 Å².